The first-order valence-electron chi connectivity index (χ1n) is 6.45. The molecule has 8 heteroatoms. The van der Waals surface area contributed by atoms with Crippen LogP contribution in [0.15, 0.2) is 40.2 Å². The fourth-order valence-electron chi connectivity index (χ4n) is 2.07. The molecule has 2 heterocycles. The molecule has 0 radical (unpaired) electrons. The number of nitrogens with one attached hydrogen (secondary N) is 2. The van der Waals surface area contributed by atoms with Crippen molar-refractivity contribution < 1.29 is 0 Å². The predicted octanol–water partition coefficient (Wildman–Crippen LogP) is 2.68. The van der Waals surface area contributed by atoms with Gasteiger partial charge in [-0.3, -0.25) is 5.01 Å². The number of hydrazine groups is 2. The van der Waals surface area contributed by atoms with Gasteiger partial charge in [0.1, 0.15) is 4.60 Å². The van der Waals surface area contributed by atoms with Crippen LogP contribution in [0.5, 0.6) is 0 Å². The van der Waals surface area contributed by atoms with Crippen molar-refractivity contribution in [3.8, 4) is 5.69 Å². The molecule has 0 atom stereocenters. The summed E-state index contributed by atoms with van der Waals surface area (Å²) in [7, 11) is 0. The maximum Gasteiger partial charge on any atom is 0.177 e. The molecule has 2 N–H and O–H groups in total. The minimum atomic E-state index is 0.250. The van der Waals surface area contributed by atoms with E-state index in [1.54, 1.807) is 10.9 Å². The van der Waals surface area contributed by atoms with Crippen LogP contribution in [-0.2, 0) is 0 Å². The lowest BCUT2D eigenvalue weighted by molar-refractivity contribution is 0.246. The lowest BCUT2D eigenvalue weighted by Crippen LogP contribution is -2.45. The van der Waals surface area contributed by atoms with E-state index in [4.69, 9.17) is 11.6 Å². The number of aromatic nitrogens is 2. The van der Waals surface area contributed by atoms with Gasteiger partial charge in [0.15, 0.2) is 5.84 Å². The Morgan fingerprint density at radius 1 is 1.33 bits per heavy atom. The maximum absolute atomic E-state index is 6.04. The number of hydrazone groups is 1. The van der Waals surface area contributed by atoms with Gasteiger partial charge in [0.05, 0.1) is 17.4 Å². The Labute approximate surface area is 135 Å². The number of amidine groups is 1. The van der Waals surface area contributed by atoms with Crippen molar-refractivity contribution in [2.45, 2.75) is 19.9 Å². The minimum Gasteiger partial charge on any atom is -0.268 e. The van der Waals surface area contributed by atoms with Crippen LogP contribution in [0.4, 0.5) is 0 Å². The van der Waals surface area contributed by atoms with Gasteiger partial charge in [-0.15, -0.1) is 10.6 Å². The van der Waals surface area contributed by atoms with E-state index in [9.17, 15) is 0 Å². The summed E-state index contributed by atoms with van der Waals surface area (Å²) < 4.78 is 2.60. The smallest absolute Gasteiger partial charge is 0.177 e. The number of rotatable bonds is 3. The summed E-state index contributed by atoms with van der Waals surface area (Å²) in [5.74, 6) is 0.783. The van der Waals surface area contributed by atoms with Crippen LogP contribution in [0.3, 0.4) is 0 Å². The Hall–Kier alpha value is -1.57. The van der Waals surface area contributed by atoms with Crippen LogP contribution >= 0.6 is 27.5 Å². The maximum atomic E-state index is 6.04. The standard InChI is InChI=1S/C13H14BrClN6/c1-8(2)20-13(17-18-19-20)11-7-16-21(12(11)14)10-5-3-4-9(15)6-10/h3-8,18-19H,1-2H3. The van der Waals surface area contributed by atoms with Crippen LogP contribution in [-0.4, -0.2) is 26.7 Å². The number of hydrogen-bond donors (Lipinski definition) is 2. The number of halogens is 2. The highest BCUT2D eigenvalue weighted by molar-refractivity contribution is 9.10. The van der Waals surface area contributed by atoms with E-state index in [1.165, 1.54) is 0 Å². The van der Waals surface area contributed by atoms with Crippen LogP contribution in [0.2, 0.25) is 5.02 Å². The summed E-state index contributed by atoms with van der Waals surface area (Å²) in [6.07, 6.45) is 1.77. The first-order chi connectivity index (χ1) is 10.1. The second-order valence-corrected chi connectivity index (χ2v) is 6.05. The van der Waals surface area contributed by atoms with Crippen molar-refractivity contribution in [1.29, 1.82) is 0 Å². The van der Waals surface area contributed by atoms with Gasteiger partial charge in [0.25, 0.3) is 0 Å². The second-order valence-electron chi connectivity index (χ2n) is 4.86. The normalized spacial score (nSPS) is 14.5. The average Bonchev–Trinajstić information content (AvgIpc) is 3.04. The third-order valence-corrected chi connectivity index (χ3v) is 4.08. The van der Waals surface area contributed by atoms with Gasteiger partial charge in [0.2, 0.25) is 0 Å². The molecule has 0 fully saturated rings. The van der Waals surface area contributed by atoms with Crippen molar-refractivity contribution in [3.05, 3.63) is 45.7 Å². The van der Waals surface area contributed by atoms with Gasteiger partial charge in [-0.1, -0.05) is 17.7 Å². The van der Waals surface area contributed by atoms with Crippen molar-refractivity contribution >= 4 is 33.4 Å². The monoisotopic (exact) mass is 368 g/mol. The highest BCUT2D eigenvalue weighted by atomic mass is 79.9. The van der Waals surface area contributed by atoms with Crippen LogP contribution in [0.25, 0.3) is 5.69 Å². The van der Waals surface area contributed by atoms with Gasteiger partial charge in [-0.2, -0.15) is 5.10 Å². The Bertz CT molecular complexity index is 696. The largest absolute Gasteiger partial charge is 0.268 e. The molecule has 0 aliphatic carbocycles. The zero-order valence-corrected chi connectivity index (χ0v) is 13.9. The molecule has 2 aromatic rings. The molecule has 0 amide bonds. The number of nitrogens with zero attached hydrogens (tertiary/aromatic N) is 4. The molecule has 0 bridgehead atoms. The molecule has 0 spiro atoms. The SMILES string of the molecule is CC(C)N1NNN=C1c1cnn(-c2cccc(Cl)c2)c1Br. The molecule has 3 rings (SSSR count). The van der Waals surface area contributed by atoms with Crippen LogP contribution in [0.1, 0.15) is 19.4 Å². The highest BCUT2D eigenvalue weighted by Gasteiger charge is 2.25. The molecule has 0 saturated carbocycles. The summed E-state index contributed by atoms with van der Waals surface area (Å²) >= 11 is 9.63. The number of hydrogen-bond acceptors (Lipinski definition) is 5. The molecule has 1 aromatic heterocycles. The molecule has 1 aromatic carbocycles. The van der Waals surface area contributed by atoms with E-state index in [1.807, 2.05) is 29.3 Å². The van der Waals surface area contributed by atoms with Gasteiger partial charge < -0.3 is 0 Å². The molecule has 6 nitrogen and oxygen atoms in total. The Morgan fingerprint density at radius 3 is 2.86 bits per heavy atom. The summed E-state index contributed by atoms with van der Waals surface area (Å²) in [4.78, 5) is 0. The first kappa shape index (κ1) is 14.4. The second kappa shape index (κ2) is 5.67. The Morgan fingerprint density at radius 2 is 2.14 bits per heavy atom. The van der Waals surface area contributed by atoms with Gasteiger partial charge >= 0.3 is 0 Å². The average molecular weight is 370 g/mol. The molecule has 110 valence electrons. The third kappa shape index (κ3) is 2.64. The quantitative estimate of drug-likeness (QED) is 0.873. The number of benzene rings is 1. The van der Waals surface area contributed by atoms with Crippen LogP contribution in [0, 0.1) is 0 Å². The van der Waals surface area contributed by atoms with Crippen molar-refractivity contribution in [3.63, 3.8) is 0 Å². The zero-order valence-electron chi connectivity index (χ0n) is 11.5. The van der Waals surface area contributed by atoms with E-state index in [-0.39, 0.29) is 6.04 Å². The van der Waals surface area contributed by atoms with Crippen molar-refractivity contribution in [1.82, 2.24) is 25.9 Å². The van der Waals surface area contributed by atoms with Crippen molar-refractivity contribution in [2.75, 3.05) is 0 Å². The lowest BCUT2D eigenvalue weighted by atomic mass is 10.2. The van der Waals surface area contributed by atoms with E-state index < -0.39 is 0 Å². The fraction of sp³-hybridized carbons (Fsp3) is 0.231. The van der Waals surface area contributed by atoms with Crippen LogP contribution < -0.4 is 11.1 Å². The Balaban J connectivity index is 2.00. The van der Waals surface area contributed by atoms with E-state index in [2.05, 4.69) is 51.0 Å². The summed E-state index contributed by atoms with van der Waals surface area (Å²) in [5, 5.41) is 11.3. The summed E-state index contributed by atoms with van der Waals surface area (Å²) in [6.45, 7) is 4.15. The first-order valence-corrected chi connectivity index (χ1v) is 7.62. The predicted molar refractivity (Wildman–Crippen MR) is 86.1 cm³/mol. The topological polar surface area (TPSA) is 57.5 Å². The van der Waals surface area contributed by atoms with E-state index in [0.29, 0.717) is 5.02 Å². The summed E-state index contributed by atoms with van der Waals surface area (Å²) in [5.41, 5.74) is 7.54. The third-order valence-electron chi connectivity index (χ3n) is 3.08. The molecule has 1 aliphatic rings. The Kier molecular flexibility index (Phi) is 3.88. The van der Waals surface area contributed by atoms with E-state index >= 15 is 0 Å². The lowest BCUT2D eigenvalue weighted by Gasteiger charge is -2.22. The highest BCUT2D eigenvalue weighted by Crippen LogP contribution is 2.24. The minimum absolute atomic E-state index is 0.250. The summed E-state index contributed by atoms with van der Waals surface area (Å²) in [6, 6.07) is 7.78. The molecule has 1 aliphatic heterocycles. The molecular formula is C13H14BrClN6. The molecular weight excluding hydrogens is 356 g/mol. The molecule has 0 saturated heterocycles. The molecule has 0 unspecified atom stereocenters. The van der Waals surface area contributed by atoms with E-state index in [0.717, 1.165) is 21.7 Å². The van der Waals surface area contributed by atoms with Gasteiger partial charge in [-0.05, 0) is 48.0 Å². The fourth-order valence-corrected chi connectivity index (χ4v) is 2.83. The molecule has 21 heavy (non-hydrogen) atoms. The van der Waals surface area contributed by atoms with Gasteiger partial charge in [0, 0.05) is 11.1 Å². The van der Waals surface area contributed by atoms with Crippen molar-refractivity contribution in [2.24, 2.45) is 5.10 Å². The van der Waals surface area contributed by atoms with Gasteiger partial charge in [-0.25, -0.2) is 10.2 Å². The zero-order chi connectivity index (χ0) is 15.0.